The van der Waals surface area contributed by atoms with Gasteiger partial charge in [0.25, 0.3) is 11.8 Å². The van der Waals surface area contributed by atoms with E-state index >= 15 is 0 Å². The van der Waals surface area contributed by atoms with Crippen LogP contribution >= 0.6 is 34.7 Å². The van der Waals surface area contributed by atoms with Crippen LogP contribution in [0.1, 0.15) is 27.9 Å². The first-order chi connectivity index (χ1) is 26.9. The Kier molecular flexibility index (Phi) is 11.5. The van der Waals surface area contributed by atoms with E-state index in [0.717, 1.165) is 22.3 Å². The van der Waals surface area contributed by atoms with Crippen LogP contribution in [-0.2, 0) is 36.1 Å². The van der Waals surface area contributed by atoms with Gasteiger partial charge in [0.1, 0.15) is 47.8 Å². The standard InChI is InChI=1S/C41H36ClN5O6S2/c1-51-31-20-18-26(19-21-31)23-53-39(50)35-27(22-42)24-54-38-34(37(49)47(35)38)44-36(48)33(46-52-2)32-25-55-40(43-32)45-41(28-12-6-3-7-13-28,29-14-8-4-9-15-29)30-16-10-5-11-17-30/h3-21,25,34,38H,22-24H2,1-2H3,(H,43,45)(H,44,48)/t34-,38-/m1/s1. The molecule has 2 aliphatic heterocycles. The highest BCUT2D eigenvalue weighted by Crippen LogP contribution is 2.42. The Labute approximate surface area is 331 Å². The maximum Gasteiger partial charge on any atom is 0.355 e. The van der Waals surface area contributed by atoms with Crippen LogP contribution in [-0.4, -0.2) is 70.6 Å². The molecule has 280 valence electrons. The summed E-state index contributed by atoms with van der Waals surface area (Å²) < 4.78 is 10.8. The summed E-state index contributed by atoms with van der Waals surface area (Å²) in [5, 5.41) is 12.2. The van der Waals surface area contributed by atoms with Crippen molar-refractivity contribution in [2.75, 3.05) is 31.2 Å². The fraction of sp³-hybridized carbons (Fsp3) is 0.195. The van der Waals surface area contributed by atoms with Gasteiger partial charge in [-0.05, 0) is 40.0 Å². The van der Waals surface area contributed by atoms with Crippen LogP contribution in [0.5, 0.6) is 5.75 Å². The summed E-state index contributed by atoms with van der Waals surface area (Å²) in [6.45, 7) is -0.00755. The number of hydrogen-bond donors (Lipinski definition) is 2. The summed E-state index contributed by atoms with van der Waals surface area (Å²) in [4.78, 5) is 52.1. The number of β-lactam (4-membered cyclic amide) rings is 1. The van der Waals surface area contributed by atoms with Crippen molar-refractivity contribution in [3.8, 4) is 5.75 Å². The van der Waals surface area contributed by atoms with Crippen molar-refractivity contribution in [3.63, 3.8) is 0 Å². The molecule has 1 aromatic heterocycles. The molecule has 7 rings (SSSR count). The third kappa shape index (κ3) is 7.55. The van der Waals surface area contributed by atoms with Gasteiger partial charge in [-0.3, -0.25) is 14.5 Å². The van der Waals surface area contributed by atoms with Gasteiger partial charge in [-0.15, -0.1) is 34.7 Å². The average molecular weight is 794 g/mol. The minimum absolute atomic E-state index is 0.00755. The van der Waals surface area contributed by atoms with Crippen molar-refractivity contribution in [2.24, 2.45) is 5.16 Å². The van der Waals surface area contributed by atoms with Crippen LogP contribution in [0.4, 0.5) is 5.13 Å². The lowest BCUT2D eigenvalue weighted by molar-refractivity contribution is -0.153. The quantitative estimate of drug-likeness (QED) is 0.0321. The molecule has 11 nitrogen and oxygen atoms in total. The van der Waals surface area contributed by atoms with E-state index in [1.807, 2.05) is 54.6 Å². The van der Waals surface area contributed by atoms with Gasteiger partial charge in [-0.25, -0.2) is 9.78 Å². The molecule has 5 aromatic rings. The van der Waals surface area contributed by atoms with E-state index in [2.05, 4.69) is 52.2 Å². The van der Waals surface area contributed by atoms with E-state index in [1.165, 1.54) is 35.1 Å². The summed E-state index contributed by atoms with van der Waals surface area (Å²) in [6.07, 6.45) is 0. The van der Waals surface area contributed by atoms with Gasteiger partial charge >= 0.3 is 5.97 Å². The van der Waals surface area contributed by atoms with Crippen LogP contribution in [0, 0.1) is 0 Å². The number of esters is 1. The number of anilines is 1. The number of rotatable bonds is 14. The Morgan fingerprint density at radius 3 is 2.05 bits per heavy atom. The monoisotopic (exact) mass is 793 g/mol. The number of thioether (sulfide) groups is 1. The van der Waals surface area contributed by atoms with Crippen LogP contribution in [0.2, 0.25) is 0 Å². The predicted molar refractivity (Wildman–Crippen MR) is 214 cm³/mol. The topological polar surface area (TPSA) is 131 Å². The minimum Gasteiger partial charge on any atom is -0.497 e. The average Bonchev–Trinajstić information content (AvgIpc) is 3.71. The number of thiazole rings is 1. The van der Waals surface area contributed by atoms with Gasteiger partial charge in [-0.2, -0.15) is 0 Å². The largest absolute Gasteiger partial charge is 0.497 e. The third-order valence-corrected chi connectivity index (χ3v) is 11.7. The zero-order valence-corrected chi connectivity index (χ0v) is 32.2. The second-order valence-corrected chi connectivity index (χ2v) is 14.7. The zero-order chi connectivity index (χ0) is 38.4. The first-order valence-electron chi connectivity index (χ1n) is 17.2. The lowest BCUT2D eigenvalue weighted by atomic mass is 9.77. The second kappa shape index (κ2) is 16.8. The van der Waals surface area contributed by atoms with Crippen LogP contribution in [0.3, 0.4) is 0 Å². The Balaban J connectivity index is 1.10. The lowest BCUT2D eigenvalue weighted by Gasteiger charge is -2.49. The molecule has 3 heterocycles. The summed E-state index contributed by atoms with van der Waals surface area (Å²) >= 11 is 8.93. The summed E-state index contributed by atoms with van der Waals surface area (Å²) in [7, 11) is 2.90. The molecule has 55 heavy (non-hydrogen) atoms. The number of hydrogen-bond acceptors (Lipinski definition) is 11. The smallest absolute Gasteiger partial charge is 0.355 e. The lowest BCUT2D eigenvalue weighted by Crippen LogP contribution is -2.71. The number of amides is 2. The first-order valence-corrected chi connectivity index (χ1v) is 19.7. The van der Waals surface area contributed by atoms with Crippen LogP contribution in [0.15, 0.2) is 137 Å². The Morgan fingerprint density at radius 1 is 0.909 bits per heavy atom. The van der Waals surface area contributed by atoms with E-state index in [-0.39, 0.29) is 29.6 Å². The summed E-state index contributed by atoms with van der Waals surface area (Å²) in [5.74, 6) is -0.706. The maximum absolute atomic E-state index is 13.9. The molecule has 0 bridgehead atoms. The van der Waals surface area contributed by atoms with Crippen molar-refractivity contribution >= 4 is 63.3 Å². The highest BCUT2D eigenvalue weighted by atomic mass is 35.5. The van der Waals surface area contributed by atoms with Gasteiger partial charge in [0.15, 0.2) is 10.8 Å². The highest BCUT2D eigenvalue weighted by molar-refractivity contribution is 8.00. The van der Waals surface area contributed by atoms with Gasteiger partial charge in [-0.1, -0.05) is 108 Å². The van der Waals surface area contributed by atoms with E-state index in [4.69, 9.17) is 30.9 Å². The molecule has 0 unspecified atom stereocenters. The molecule has 14 heteroatoms. The van der Waals surface area contributed by atoms with Crippen molar-refractivity contribution in [1.29, 1.82) is 0 Å². The summed E-state index contributed by atoms with van der Waals surface area (Å²) in [6, 6.07) is 36.4. The van der Waals surface area contributed by atoms with Crippen LogP contribution in [0.25, 0.3) is 0 Å². The summed E-state index contributed by atoms with van der Waals surface area (Å²) in [5.41, 5.74) is 3.68. The van der Waals surface area contributed by atoms with Gasteiger partial charge < -0.3 is 24.9 Å². The molecule has 0 aliphatic carbocycles. The van der Waals surface area contributed by atoms with E-state index in [1.54, 1.807) is 36.8 Å². The van der Waals surface area contributed by atoms with Crippen LogP contribution < -0.4 is 15.4 Å². The number of nitrogens with one attached hydrogen (secondary N) is 2. The molecule has 1 fully saturated rings. The van der Waals surface area contributed by atoms with Crippen molar-refractivity contribution < 1.29 is 28.7 Å². The van der Waals surface area contributed by atoms with Crippen molar-refractivity contribution in [1.82, 2.24) is 15.2 Å². The number of nitrogens with zero attached hydrogens (tertiary/aromatic N) is 3. The SMILES string of the molecule is CON=C(C(=O)N[C@@H]1C(=O)N2C(C(=O)OCc3ccc(OC)cc3)=C(CCl)CS[C@H]12)c1csc(NC(c2ccccc2)(c2ccccc2)c2ccccc2)n1. The minimum atomic E-state index is -0.945. The van der Waals surface area contributed by atoms with Crippen molar-refractivity contribution in [3.05, 3.63) is 160 Å². The highest BCUT2D eigenvalue weighted by Gasteiger charge is 2.54. The predicted octanol–water partition coefficient (Wildman–Crippen LogP) is 6.54. The second-order valence-electron chi connectivity index (χ2n) is 12.5. The molecule has 0 radical (unpaired) electrons. The van der Waals surface area contributed by atoms with Gasteiger partial charge in [0.2, 0.25) is 0 Å². The van der Waals surface area contributed by atoms with Gasteiger partial charge in [0.05, 0.1) is 7.11 Å². The third-order valence-electron chi connectivity index (χ3n) is 9.28. The van der Waals surface area contributed by atoms with E-state index in [0.29, 0.717) is 22.2 Å². The molecular formula is C41H36ClN5O6S2. The molecule has 2 N–H and O–H groups in total. The number of fused-ring (bicyclic) bond motifs is 1. The van der Waals surface area contributed by atoms with E-state index in [9.17, 15) is 14.4 Å². The molecule has 0 spiro atoms. The molecule has 2 amide bonds. The molecule has 2 atom stereocenters. The number of ether oxygens (including phenoxy) is 2. The Hall–Kier alpha value is -5.63. The fourth-order valence-electron chi connectivity index (χ4n) is 6.60. The molecule has 2 aliphatic rings. The Morgan fingerprint density at radius 2 is 1.51 bits per heavy atom. The molecule has 0 saturated carbocycles. The maximum atomic E-state index is 13.9. The number of aromatic nitrogens is 1. The fourth-order valence-corrected chi connectivity index (χ4v) is 9.03. The normalized spacial score (nSPS) is 16.8. The molecular weight excluding hydrogens is 758 g/mol. The zero-order valence-electron chi connectivity index (χ0n) is 29.8. The number of oxime groups is 1. The molecule has 4 aromatic carbocycles. The Bertz CT molecular complexity index is 2120. The number of carbonyl (C=O) groups is 3. The number of carbonyl (C=O) groups excluding carboxylic acids is 3. The number of alkyl halides is 1. The molecule has 1 saturated heterocycles. The van der Waals surface area contributed by atoms with E-state index < -0.39 is 34.7 Å². The number of benzene rings is 4. The number of methoxy groups -OCH3 is 1. The number of halogens is 1. The van der Waals surface area contributed by atoms with Crippen molar-refractivity contribution in [2.45, 2.75) is 23.6 Å². The van der Waals surface area contributed by atoms with Gasteiger partial charge in [0, 0.05) is 17.0 Å². The first kappa shape index (κ1) is 37.7.